The minimum Gasteiger partial charge on any atom is -0.370 e. The fraction of sp³-hybridized carbons (Fsp3) is 0.556. The molecule has 2 rings (SSSR count). The molecular weight excluding hydrogens is 360 g/mol. The summed E-state index contributed by atoms with van der Waals surface area (Å²) in [7, 11) is 0. The van der Waals surface area contributed by atoms with Crippen molar-refractivity contribution in [1.82, 2.24) is 0 Å². The zero-order valence-electron chi connectivity index (χ0n) is 14.2. The molecule has 0 fully saturated rings. The summed E-state index contributed by atoms with van der Waals surface area (Å²) in [5.41, 5.74) is 0. The molecule has 0 bridgehead atoms. The van der Waals surface area contributed by atoms with Crippen LogP contribution in [0.2, 0.25) is 0 Å². The second kappa shape index (κ2) is 10.8. The first kappa shape index (κ1) is 19.4. The summed E-state index contributed by atoms with van der Waals surface area (Å²) in [5.74, 6) is 5.45. The number of thioether (sulfide) groups is 2. The number of hydrogen-bond acceptors (Lipinski definition) is 5. The van der Waals surface area contributed by atoms with Crippen molar-refractivity contribution in [3.8, 4) is 0 Å². The second-order valence-electron chi connectivity index (χ2n) is 5.77. The summed E-state index contributed by atoms with van der Waals surface area (Å²) < 4.78 is 5.89. The topological polar surface area (TPSA) is 9.23 Å². The van der Waals surface area contributed by atoms with E-state index in [1.807, 2.05) is 46.2 Å². The van der Waals surface area contributed by atoms with Gasteiger partial charge in [-0.05, 0) is 41.7 Å². The van der Waals surface area contributed by atoms with Crippen LogP contribution < -0.4 is 0 Å². The van der Waals surface area contributed by atoms with E-state index >= 15 is 0 Å². The molecule has 0 aliphatic carbocycles. The number of hydrogen-bond donors (Lipinski definition) is 0. The largest absolute Gasteiger partial charge is 0.370 e. The average molecular weight is 387 g/mol. The van der Waals surface area contributed by atoms with Gasteiger partial charge in [0.05, 0.1) is 13.2 Å². The molecule has 2 aromatic rings. The van der Waals surface area contributed by atoms with Crippen LogP contribution in [0.1, 0.15) is 40.3 Å². The van der Waals surface area contributed by atoms with Crippen molar-refractivity contribution in [2.75, 3.05) is 11.5 Å². The highest BCUT2D eigenvalue weighted by atomic mass is 32.2. The normalized spacial score (nSPS) is 11.5. The molecule has 0 saturated carbocycles. The van der Waals surface area contributed by atoms with E-state index in [1.54, 1.807) is 0 Å². The first-order valence-electron chi connectivity index (χ1n) is 8.05. The van der Waals surface area contributed by atoms with E-state index in [9.17, 15) is 0 Å². The van der Waals surface area contributed by atoms with Crippen LogP contribution in [0.4, 0.5) is 0 Å². The van der Waals surface area contributed by atoms with Crippen LogP contribution in [0, 0.1) is 5.92 Å². The Kier molecular flexibility index (Phi) is 9.13. The van der Waals surface area contributed by atoms with Gasteiger partial charge < -0.3 is 4.74 Å². The SMILES string of the molecule is CCSCc1ccc(COCc2ccc(CSCC(C)C)s2)s1. The highest BCUT2D eigenvalue weighted by Crippen LogP contribution is 2.25. The van der Waals surface area contributed by atoms with Gasteiger partial charge in [0.2, 0.25) is 0 Å². The molecular formula is C18H26OS4. The van der Waals surface area contributed by atoms with Gasteiger partial charge >= 0.3 is 0 Å². The van der Waals surface area contributed by atoms with E-state index < -0.39 is 0 Å². The molecule has 0 spiro atoms. The van der Waals surface area contributed by atoms with Crippen molar-refractivity contribution in [1.29, 1.82) is 0 Å². The molecule has 1 nitrogen and oxygen atoms in total. The molecule has 0 amide bonds. The van der Waals surface area contributed by atoms with E-state index in [0.717, 1.165) is 30.6 Å². The smallest absolute Gasteiger partial charge is 0.0814 e. The Morgan fingerprint density at radius 1 is 0.870 bits per heavy atom. The van der Waals surface area contributed by atoms with E-state index in [2.05, 4.69) is 45.0 Å². The van der Waals surface area contributed by atoms with Gasteiger partial charge in [0.1, 0.15) is 0 Å². The standard InChI is InChI=1S/C18H26OS4/c1-4-20-12-17-7-5-15(22-17)9-19-10-16-6-8-18(23-16)13-21-11-14(2)3/h5-8,14H,4,9-13H2,1-3H3. The van der Waals surface area contributed by atoms with Crippen LogP contribution >= 0.6 is 46.2 Å². The lowest BCUT2D eigenvalue weighted by Crippen LogP contribution is -1.90. The number of thiophene rings is 2. The van der Waals surface area contributed by atoms with Gasteiger partial charge in [0.25, 0.3) is 0 Å². The van der Waals surface area contributed by atoms with Crippen molar-refractivity contribution < 1.29 is 4.74 Å². The van der Waals surface area contributed by atoms with Gasteiger partial charge in [0, 0.05) is 31.0 Å². The third-order valence-corrected chi connectivity index (χ3v) is 7.89. The molecule has 0 N–H and O–H groups in total. The Hall–Kier alpha value is 0.0600. The maximum atomic E-state index is 5.89. The molecule has 23 heavy (non-hydrogen) atoms. The maximum absolute atomic E-state index is 5.89. The molecule has 0 aliphatic heterocycles. The second-order valence-corrected chi connectivity index (χ2v) is 10.6. The lowest BCUT2D eigenvalue weighted by atomic mass is 10.3. The van der Waals surface area contributed by atoms with Crippen molar-refractivity contribution in [2.45, 2.75) is 45.5 Å². The van der Waals surface area contributed by atoms with Crippen LogP contribution in [-0.2, 0) is 29.5 Å². The third kappa shape index (κ3) is 7.65. The van der Waals surface area contributed by atoms with Crippen molar-refractivity contribution >= 4 is 46.2 Å². The Morgan fingerprint density at radius 2 is 1.39 bits per heavy atom. The van der Waals surface area contributed by atoms with Gasteiger partial charge in [-0.15, -0.1) is 22.7 Å². The molecule has 2 aromatic heterocycles. The fourth-order valence-electron chi connectivity index (χ4n) is 2.01. The lowest BCUT2D eigenvalue weighted by molar-refractivity contribution is 0.111. The van der Waals surface area contributed by atoms with Gasteiger partial charge in [-0.25, -0.2) is 0 Å². The summed E-state index contributed by atoms with van der Waals surface area (Å²) in [5, 5.41) is 0. The fourth-order valence-corrected chi connectivity index (χ4v) is 5.87. The lowest BCUT2D eigenvalue weighted by Gasteiger charge is -2.02. The van der Waals surface area contributed by atoms with Gasteiger partial charge in [-0.2, -0.15) is 23.5 Å². The zero-order valence-corrected chi connectivity index (χ0v) is 17.4. The summed E-state index contributed by atoms with van der Waals surface area (Å²) in [6, 6.07) is 8.91. The Bertz CT molecular complexity index is 559. The first-order chi connectivity index (χ1) is 11.2. The average Bonchev–Trinajstić information content (AvgIpc) is 3.15. The molecule has 0 aromatic carbocycles. The predicted molar refractivity (Wildman–Crippen MR) is 110 cm³/mol. The highest BCUT2D eigenvalue weighted by Gasteiger charge is 2.04. The van der Waals surface area contributed by atoms with Gasteiger partial charge in [0.15, 0.2) is 0 Å². The molecule has 2 heterocycles. The van der Waals surface area contributed by atoms with Crippen LogP contribution in [0.5, 0.6) is 0 Å². The predicted octanol–water partition coefficient (Wildman–Crippen LogP) is 6.67. The Balaban J connectivity index is 1.67. The van der Waals surface area contributed by atoms with Crippen LogP contribution in [0.15, 0.2) is 24.3 Å². The van der Waals surface area contributed by atoms with Crippen molar-refractivity contribution in [2.24, 2.45) is 5.92 Å². The number of ether oxygens (including phenoxy) is 1. The van der Waals surface area contributed by atoms with Crippen LogP contribution in [-0.4, -0.2) is 11.5 Å². The van der Waals surface area contributed by atoms with E-state index in [-0.39, 0.29) is 0 Å². The van der Waals surface area contributed by atoms with E-state index in [0.29, 0.717) is 0 Å². The molecule has 0 aliphatic rings. The summed E-state index contributed by atoms with van der Waals surface area (Å²) in [6.45, 7) is 8.22. The Morgan fingerprint density at radius 3 is 1.91 bits per heavy atom. The minimum atomic E-state index is 0.733. The molecule has 5 heteroatoms. The van der Waals surface area contributed by atoms with Crippen molar-refractivity contribution in [3.05, 3.63) is 43.8 Å². The molecule has 128 valence electrons. The monoisotopic (exact) mass is 386 g/mol. The molecule has 0 saturated heterocycles. The molecule has 0 unspecified atom stereocenters. The first-order valence-corrected chi connectivity index (χ1v) is 12.0. The summed E-state index contributed by atoms with van der Waals surface area (Å²) in [4.78, 5) is 5.59. The number of rotatable bonds is 11. The van der Waals surface area contributed by atoms with E-state index in [4.69, 9.17) is 4.74 Å². The van der Waals surface area contributed by atoms with Gasteiger partial charge in [-0.1, -0.05) is 20.8 Å². The zero-order chi connectivity index (χ0) is 16.5. The molecule has 0 radical (unpaired) electrons. The highest BCUT2D eigenvalue weighted by molar-refractivity contribution is 7.98. The summed E-state index contributed by atoms with van der Waals surface area (Å²) >= 11 is 7.77. The van der Waals surface area contributed by atoms with Crippen LogP contribution in [0.3, 0.4) is 0 Å². The van der Waals surface area contributed by atoms with Gasteiger partial charge in [-0.3, -0.25) is 0 Å². The van der Waals surface area contributed by atoms with Crippen LogP contribution in [0.25, 0.3) is 0 Å². The minimum absolute atomic E-state index is 0.733. The summed E-state index contributed by atoms with van der Waals surface area (Å²) in [6.07, 6.45) is 0. The van der Waals surface area contributed by atoms with Crippen molar-refractivity contribution in [3.63, 3.8) is 0 Å². The Labute approximate surface area is 157 Å². The maximum Gasteiger partial charge on any atom is 0.0814 e. The third-order valence-electron chi connectivity index (χ3n) is 3.07. The quantitative estimate of drug-likeness (QED) is 0.427. The molecule has 0 atom stereocenters. The van der Waals surface area contributed by atoms with E-state index in [1.165, 1.54) is 31.0 Å².